The first-order valence-corrected chi connectivity index (χ1v) is 7.92. The van der Waals surface area contributed by atoms with Gasteiger partial charge >= 0.3 is 0 Å². The van der Waals surface area contributed by atoms with Crippen molar-refractivity contribution in [2.45, 2.75) is 13.5 Å². The molecule has 0 bridgehead atoms. The van der Waals surface area contributed by atoms with E-state index >= 15 is 0 Å². The molecule has 0 fully saturated rings. The summed E-state index contributed by atoms with van der Waals surface area (Å²) in [6, 6.07) is 10.6. The van der Waals surface area contributed by atoms with Crippen LogP contribution in [-0.2, 0) is 6.54 Å². The van der Waals surface area contributed by atoms with Crippen LogP contribution in [0.15, 0.2) is 57.5 Å². The number of hydrogen-bond donors (Lipinski definition) is 0. The largest absolute Gasteiger partial charge is 0.467 e. The molecule has 6 heteroatoms. The molecule has 2 aromatic heterocycles. The molecule has 3 aromatic rings. The quantitative estimate of drug-likeness (QED) is 0.730. The van der Waals surface area contributed by atoms with Crippen molar-refractivity contribution in [1.29, 1.82) is 0 Å². The lowest BCUT2D eigenvalue weighted by Gasteiger charge is -2.03. The second kappa shape index (κ2) is 6.34. The number of carbonyl (C=O) groups excluding carboxylic acids is 1. The Labute approximate surface area is 136 Å². The Bertz CT molecular complexity index is 862. The van der Waals surface area contributed by atoms with Gasteiger partial charge in [-0.2, -0.15) is 4.99 Å². The van der Waals surface area contributed by atoms with Crippen molar-refractivity contribution in [3.63, 3.8) is 0 Å². The third-order valence-electron chi connectivity index (χ3n) is 3.19. The summed E-state index contributed by atoms with van der Waals surface area (Å²) in [5.41, 5.74) is 1.42. The van der Waals surface area contributed by atoms with Gasteiger partial charge in [-0.25, -0.2) is 0 Å². The Morgan fingerprint density at radius 3 is 2.86 bits per heavy atom. The van der Waals surface area contributed by atoms with Crippen molar-refractivity contribution in [2.24, 2.45) is 4.99 Å². The van der Waals surface area contributed by atoms with Gasteiger partial charge in [0.2, 0.25) is 0 Å². The monoisotopic (exact) mass is 332 g/mol. The molecule has 4 nitrogen and oxygen atoms in total. The number of carbonyl (C=O) groups is 1. The first kappa shape index (κ1) is 14.8. The van der Waals surface area contributed by atoms with E-state index in [0.29, 0.717) is 21.9 Å². The lowest BCUT2D eigenvalue weighted by molar-refractivity contribution is 0.0998. The van der Waals surface area contributed by atoms with Gasteiger partial charge in [0.1, 0.15) is 5.76 Å². The highest BCUT2D eigenvalue weighted by Crippen LogP contribution is 2.16. The molecular weight excluding hydrogens is 320 g/mol. The highest BCUT2D eigenvalue weighted by Gasteiger charge is 2.10. The number of aryl methyl sites for hydroxylation is 1. The zero-order valence-corrected chi connectivity index (χ0v) is 13.4. The smallest absolute Gasteiger partial charge is 0.281 e. The van der Waals surface area contributed by atoms with Crippen LogP contribution in [0.2, 0.25) is 5.02 Å². The van der Waals surface area contributed by atoms with E-state index in [0.717, 1.165) is 11.5 Å². The molecule has 0 spiro atoms. The molecule has 0 saturated carbocycles. The van der Waals surface area contributed by atoms with Gasteiger partial charge in [-0.1, -0.05) is 23.7 Å². The Hall–Kier alpha value is -2.11. The van der Waals surface area contributed by atoms with Gasteiger partial charge in [-0.15, -0.1) is 11.3 Å². The van der Waals surface area contributed by atoms with Crippen LogP contribution in [0.5, 0.6) is 0 Å². The summed E-state index contributed by atoms with van der Waals surface area (Å²) >= 11 is 7.46. The van der Waals surface area contributed by atoms with E-state index in [1.165, 1.54) is 11.3 Å². The normalized spacial score (nSPS) is 11.8. The van der Waals surface area contributed by atoms with Crippen molar-refractivity contribution >= 4 is 28.8 Å². The summed E-state index contributed by atoms with van der Waals surface area (Å²) in [5, 5.41) is 2.36. The van der Waals surface area contributed by atoms with Crippen LogP contribution >= 0.6 is 22.9 Å². The summed E-state index contributed by atoms with van der Waals surface area (Å²) in [7, 11) is 0. The summed E-state index contributed by atoms with van der Waals surface area (Å²) < 4.78 is 7.30. The predicted octanol–water partition coefficient (Wildman–Crippen LogP) is 3.89. The number of halogens is 1. The van der Waals surface area contributed by atoms with Gasteiger partial charge in [0.15, 0.2) is 4.80 Å². The van der Waals surface area contributed by atoms with Gasteiger partial charge in [0.05, 0.1) is 23.4 Å². The van der Waals surface area contributed by atoms with E-state index in [4.69, 9.17) is 16.0 Å². The fourth-order valence-electron chi connectivity index (χ4n) is 2.04. The minimum Gasteiger partial charge on any atom is -0.467 e. The minimum atomic E-state index is -0.347. The van der Waals surface area contributed by atoms with Crippen LogP contribution < -0.4 is 4.80 Å². The SMILES string of the molecule is Cc1csc(=NC(=O)c2ccccc2Cl)n1Cc1ccco1. The number of aromatic nitrogens is 1. The molecular formula is C16H13ClN2O2S. The third-order valence-corrected chi connectivity index (χ3v) is 4.50. The van der Waals surface area contributed by atoms with Crippen LogP contribution in [-0.4, -0.2) is 10.5 Å². The summed E-state index contributed by atoms with van der Waals surface area (Å²) in [6.45, 7) is 2.51. The molecule has 0 aliphatic carbocycles. The lowest BCUT2D eigenvalue weighted by atomic mass is 10.2. The number of benzene rings is 1. The van der Waals surface area contributed by atoms with Crippen molar-refractivity contribution in [2.75, 3.05) is 0 Å². The standard InChI is InChI=1S/C16H13ClN2O2S/c1-11-10-22-16(19(11)9-12-5-4-8-21-12)18-15(20)13-6-2-3-7-14(13)17/h2-8,10H,9H2,1H3. The second-order valence-electron chi connectivity index (χ2n) is 4.72. The van der Waals surface area contributed by atoms with E-state index in [9.17, 15) is 4.79 Å². The van der Waals surface area contributed by atoms with Gasteiger partial charge in [-0.05, 0) is 31.2 Å². The Kier molecular flexibility index (Phi) is 4.27. The zero-order valence-electron chi connectivity index (χ0n) is 11.8. The molecule has 0 aliphatic rings. The van der Waals surface area contributed by atoms with E-state index in [-0.39, 0.29) is 5.91 Å². The summed E-state index contributed by atoms with van der Waals surface area (Å²) in [6.07, 6.45) is 1.63. The molecule has 0 aliphatic heterocycles. The molecule has 3 rings (SSSR count). The van der Waals surface area contributed by atoms with Crippen molar-refractivity contribution < 1.29 is 9.21 Å². The first-order valence-electron chi connectivity index (χ1n) is 6.66. The molecule has 0 unspecified atom stereocenters. The van der Waals surface area contributed by atoms with Crippen LogP contribution in [0.25, 0.3) is 0 Å². The lowest BCUT2D eigenvalue weighted by Crippen LogP contribution is -2.19. The van der Waals surface area contributed by atoms with E-state index in [2.05, 4.69) is 4.99 Å². The summed E-state index contributed by atoms with van der Waals surface area (Å²) in [4.78, 5) is 17.1. The first-order chi connectivity index (χ1) is 10.6. The highest BCUT2D eigenvalue weighted by atomic mass is 35.5. The second-order valence-corrected chi connectivity index (χ2v) is 5.97. The fraction of sp³-hybridized carbons (Fsp3) is 0.125. The van der Waals surface area contributed by atoms with Crippen LogP contribution in [0.4, 0.5) is 0 Å². The van der Waals surface area contributed by atoms with E-state index in [1.54, 1.807) is 30.5 Å². The molecule has 22 heavy (non-hydrogen) atoms. The van der Waals surface area contributed by atoms with E-state index < -0.39 is 0 Å². The molecule has 0 atom stereocenters. The number of hydrogen-bond acceptors (Lipinski definition) is 3. The molecule has 1 aromatic carbocycles. The van der Waals surface area contributed by atoms with Crippen molar-refractivity contribution in [1.82, 2.24) is 4.57 Å². The maximum Gasteiger partial charge on any atom is 0.281 e. The third kappa shape index (κ3) is 3.05. The van der Waals surface area contributed by atoms with Crippen LogP contribution in [0.3, 0.4) is 0 Å². The number of amides is 1. The average Bonchev–Trinajstić information content (AvgIpc) is 3.13. The molecule has 0 N–H and O–H groups in total. The average molecular weight is 333 g/mol. The Morgan fingerprint density at radius 2 is 2.14 bits per heavy atom. The number of rotatable bonds is 3. The molecule has 1 amide bonds. The predicted molar refractivity (Wildman–Crippen MR) is 86.2 cm³/mol. The van der Waals surface area contributed by atoms with Crippen molar-refractivity contribution in [3.8, 4) is 0 Å². The molecule has 0 saturated heterocycles. The highest BCUT2D eigenvalue weighted by molar-refractivity contribution is 7.07. The zero-order chi connectivity index (χ0) is 15.5. The van der Waals surface area contributed by atoms with Gasteiger partial charge < -0.3 is 8.98 Å². The van der Waals surface area contributed by atoms with Crippen LogP contribution in [0, 0.1) is 6.92 Å². The maximum atomic E-state index is 12.3. The van der Waals surface area contributed by atoms with Crippen molar-refractivity contribution in [3.05, 3.63) is 74.9 Å². The number of furan rings is 1. The van der Waals surface area contributed by atoms with E-state index in [1.807, 2.05) is 29.0 Å². The van der Waals surface area contributed by atoms with Crippen LogP contribution in [0.1, 0.15) is 21.8 Å². The molecule has 2 heterocycles. The molecule has 112 valence electrons. The van der Waals surface area contributed by atoms with Gasteiger partial charge in [-0.3, -0.25) is 4.79 Å². The number of thiazole rings is 1. The van der Waals surface area contributed by atoms with Gasteiger partial charge in [0.25, 0.3) is 5.91 Å². The Morgan fingerprint density at radius 1 is 1.32 bits per heavy atom. The number of nitrogens with zero attached hydrogens (tertiary/aromatic N) is 2. The summed E-state index contributed by atoms with van der Waals surface area (Å²) in [5.74, 6) is 0.466. The Balaban J connectivity index is 1.98. The molecule has 0 radical (unpaired) electrons. The maximum absolute atomic E-state index is 12.3. The van der Waals surface area contributed by atoms with Gasteiger partial charge in [0, 0.05) is 11.1 Å². The topological polar surface area (TPSA) is 47.5 Å². The minimum absolute atomic E-state index is 0.347. The fourth-order valence-corrected chi connectivity index (χ4v) is 3.13.